The van der Waals surface area contributed by atoms with Crippen LogP contribution < -0.4 is 0 Å². The van der Waals surface area contributed by atoms with Crippen molar-refractivity contribution in [3.8, 4) is 0 Å². The Morgan fingerprint density at radius 1 is 0.500 bits per heavy atom. The molecule has 0 radical (unpaired) electrons. The lowest BCUT2D eigenvalue weighted by atomic mass is 9.98. The minimum Gasteiger partial charge on any atom is -0.455 e. The molecule has 0 unspecified atom stereocenters. The molecule has 1 fully saturated rings. The maximum atomic E-state index is 13.4. The first kappa shape index (κ1) is 27.7. The highest BCUT2D eigenvalue weighted by molar-refractivity contribution is 5.77. The molecule has 40 heavy (non-hydrogen) atoms. The van der Waals surface area contributed by atoms with Crippen LogP contribution in [0.4, 0.5) is 0 Å². The summed E-state index contributed by atoms with van der Waals surface area (Å²) < 4.78 is 31.0. The zero-order valence-corrected chi connectivity index (χ0v) is 22.3. The Labute approximate surface area is 235 Å². The molecule has 1 aliphatic rings. The second-order valence-corrected chi connectivity index (χ2v) is 9.72. The number of cyclic esters (lactones) is 1. The van der Waals surface area contributed by atoms with Crippen LogP contribution in [0.1, 0.15) is 22.3 Å². The summed E-state index contributed by atoms with van der Waals surface area (Å²) in [7, 11) is 0. The summed E-state index contributed by atoms with van der Waals surface area (Å²) in [4.78, 5) is 13.4. The molecule has 0 saturated carbocycles. The third-order valence-corrected chi connectivity index (χ3v) is 6.73. The second kappa shape index (κ2) is 14.5. The maximum absolute atomic E-state index is 13.4. The van der Waals surface area contributed by atoms with Gasteiger partial charge in [0.2, 0.25) is 0 Å². The highest BCUT2D eigenvalue weighted by atomic mass is 16.6. The third kappa shape index (κ3) is 7.87. The number of hydrogen-bond acceptors (Lipinski definition) is 6. The molecule has 1 saturated heterocycles. The highest BCUT2D eigenvalue weighted by Crippen LogP contribution is 2.28. The van der Waals surface area contributed by atoms with E-state index in [0.717, 1.165) is 22.3 Å². The Hall–Kier alpha value is -3.81. The standard InChI is InChI=1S/C34H34O6/c35-34-33(39-24-29-19-11-4-12-20-29)32(38-23-28-17-9-3-10-18-28)31(37-22-27-15-7-2-8-16-27)30(40-34)25-36-21-26-13-5-1-6-14-26/h1-20,30-33H,21-25H2/t30-,31-,32-,33-/m1/s1. The first-order valence-electron chi connectivity index (χ1n) is 13.5. The lowest BCUT2D eigenvalue weighted by Crippen LogP contribution is -2.59. The van der Waals surface area contributed by atoms with Gasteiger partial charge in [-0.2, -0.15) is 0 Å². The predicted molar refractivity (Wildman–Crippen MR) is 151 cm³/mol. The van der Waals surface area contributed by atoms with Gasteiger partial charge in [0.05, 0.1) is 33.0 Å². The van der Waals surface area contributed by atoms with Gasteiger partial charge >= 0.3 is 5.97 Å². The fourth-order valence-corrected chi connectivity index (χ4v) is 4.64. The van der Waals surface area contributed by atoms with E-state index in [9.17, 15) is 4.79 Å². The molecule has 1 aliphatic heterocycles. The summed E-state index contributed by atoms with van der Waals surface area (Å²) in [6.07, 6.45) is -2.95. The number of carbonyl (C=O) groups is 1. The summed E-state index contributed by atoms with van der Waals surface area (Å²) in [6, 6.07) is 39.4. The van der Waals surface area contributed by atoms with E-state index in [-0.39, 0.29) is 13.2 Å². The summed E-state index contributed by atoms with van der Waals surface area (Å²) in [5.41, 5.74) is 3.98. The summed E-state index contributed by atoms with van der Waals surface area (Å²) in [6.45, 7) is 1.43. The Morgan fingerprint density at radius 3 is 1.38 bits per heavy atom. The van der Waals surface area contributed by atoms with Crippen LogP contribution in [0.25, 0.3) is 0 Å². The lowest BCUT2D eigenvalue weighted by molar-refractivity contribution is -0.239. The van der Waals surface area contributed by atoms with E-state index in [0.29, 0.717) is 19.8 Å². The molecule has 0 aromatic heterocycles. The van der Waals surface area contributed by atoms with Gasteiger partial charge in [0.1, 0.15) is 12.2 Å². The van der Waals surface area contributed by atoms with Crippen LogP contribution in [0.2, 0.25) is 0 Å². The average molecular weight is 539 g/mol. The van der Waals surface area contributed by atoms with Crippen molar-refractivity contribution >= 4 is 5.97 Å². The maximum Gasteiger partial charge on any atom is 0.338 e. The van der Waals surface area contributed by atoms with Crippen molar-refractivity contribution in [3.05, 3.63) is 144 Å². The Balaban J connectivity index is 1.36. The molecule has 0 bridgehead atoms. The molecule has 206 valence electrons. The molecule has 4 aromatic rings. The van der Waals surface area contributed by atoms with Crippen LogP contribution in [0.5, 0.6) is 0 Å². The molecule has 4 aromatic carbocycles. The number of ether oxygens (including phenoxy) is 5. The van der Waals surface area contributed by atoms with Gasteiger partial charge in [-0.15, -0.1) is 0 Å². The second-order valence-electron chi connectivity index (χ2n) is 9.72. The van der Waals surface area contributed by atoms with Gasteiger partial charge in [-0.25, -0.2) is 4.79 Å². The van der Waals surface area contributed by atoms with Crippen molar-refractivity contribution in [1.82, 2.24) is 0 Å². The van der Waals surface area contributed by atoms with Crippen LogP contribution in [0, 0.1) is 0 Å². The van der Waals surface area contributed by atoms with E-state index in [1.54, 1.807) is 0 Å². The van der Waals surface area contributed by atoms with Crippen LogP contribution in [0.15, 0.2) is 121 Å². The highest BCUT2D eigenvalue weighted by Gasteiger charge is 2.48. The largest absolute Gasteiger partial charge is 0.455 e. The van der Waals surface area contributed by atoms with E-state index >= 15 is 0 Å². The molecule has 4 atom stereocenters. The van der Waals surface area contributed by atoms with Crippen LogP contribution in [0.3, 0.4) is 0 Å². The zero-order chi connectivity index (χ0) is 27.4. The van der Waals surface area contributed by atoms with Gasteiger partial charge in [0, 0.05) is 0 Å². The van der Waals surface area contributed by atoms with Crippen molar-refractivity contribution in [1.29, 1.82) is 0 Å². The first-order valence-corrected chi connectivity index (χ1v) is 13.5. The van der Waals surface area contributed by atoms with Crippen LogP contribution in [-0.4, -0.2) is 37.0 Å². The smallest absolute Gasteiger partial charge is 0.338 e. The number of rotatable bonds is 13. The summed E-state index contributed by atoms with van der Waals surface area (Å²) in [5.74, 6) is -0.484. The molecular weight excluding hydrogens is 504 g/mol. The monoisotopic (exact) mass is 538 g/mol. The van der Waals surface area contributed by atoms with Gasteiger partial charge in [0.25, 0.3) is 0 Å². The quantitative estimate of drug-likeness (QED) is 0.198. The molecule has 5 rings (SSSR count). The van der Waals surface area contributed by atoms with E-state index in [2.05, 4.69) is 0 Å². The van der Waals surface area contributed by atoms with Crippen molar-refractivity contribution in [2.75, 3.05) is 6.61 Å². The van der Waals surface area contributed by atoms with E-state index in [4.69, 9.17) is 23.7 Å². The van der Waals surface area contributed by atoms with E-state index in [1.807, 2.05) is 121 Å². The van der Waals surface area contributed by atoms with Gasteiger partial charge in [-0.3, -0.25) is 0 Å². The van der Waals surface area contributed by atoms with E-state index in [1.165, 1.54) is 0 Å². The predicted octanol–water partition coefficient (Wildman–Crippen LogP) is 5.88. The number of hydrogen-bond donors (Lipinski definition) is 0. The molecule has 0 N–H and O–H groups in total. The number of carbonyl (C=O) groups excluding carboxylic acids is 1. The van der Waals surface area contributed by atoms with Crippen molar-refractivity contribution < 1.29 is 28.5 Å². The SMILES string of the molecule is O=C1O[C@H](COCc2ccccc2)[C@@H](OCc2ccccc2)[C@@H](OCc2ccccc2)[C@H]1OCc1ccccc1. The van der Waals surface area contributed by atoms with E-state index < -0.39 is 30.4 Å². The fraction of sp³-hybridized carbons (Fsp3) is 0.265. The van der Waals surface area contributed by atoms with Crippen molar-refractivity contribution in [3.63, 3.8) is 0 Å². The molecule has 0 spiro atoms. The fourth-order valence-electron chi connectivity index (χ4n) is 4.64. The Kier molecular flexibility index (Phi) is 10.1. The topological polar surface area (TPSA) is 63.2 Å². The zero-order valence-electron chi connectivity index (χ0n) is 22.3. The molecule has 6 heteroatoms. The van der Waals surface area contributed by atoms with Gasteiger partial charge in [-0.05, 0) is 22.3 Å². The average Bonchev–Trinajstić information content (AvgIpc) is 3.01. The third-order valence-electron chi connectivity index (χ3n) is 6.73. The Bertz CT molecular complexity index is 1280. The minimum atomic E-state index is -0.963. The van der Waals surface area contributed by atoms with Gasteiger partial charge < -0.3 is 23.7 Å². The van der Waals surface area contributed by atoms with Gasteiger partial charge in [0.15, 0.2) is 12.2 Å². The Morgan fingerprint density at radius 2 is 0.900 bits per heavy atom. The molecular formula is C34H34O6. The van der Waals surface area contributed by atoms with Crippen molar-refractivity contribution in [2.45, 2.75) is 50.8 Å². The van der Waals surface area contributed by atoms with Crippen LogP contribution >= 0.6 is 0 Å². The minimum absolute atomic E-state index is 0.163. The lowest BCUT2D eigenvalue weighted by Gasteiger charge is -2.41. The van der Waals surface area contributed by atoms with Crippen LogP contribution in [-0.2, 0) is 54.9 Å². The summed E-state index contributed by atoms with van der Waals surface area (Å²) in [5, 5.41) is 0. The van der Waals surface area contributed by atoms with Gasteiger partial charge in [-0.1, -0.05) is 121 Å². The first-order chi connectivity index (χ1) is 19.8. The normalized spacial score (nSPS) is 20.6. The summed E-state index contributed by atoms with van der Waals surface area (Å²) >= 11 is 0. The number of benzene rings is 4. The molecule has 0 amide bonds. The molecule has 1 heterocycles. The molecule has 6 nitrogen and oxygen atoms in total. The molecule has 0 aliphatic carbocycles. The number of esters is 1. The van der Waals surface area contributed by atoms with Crippen molar-refractivity contribution in [2.24, 2.45) is 0 Å².